The van der Waals surface area contributed by atoms with E-state index in [2.05, 4.69) is 4.74 Å². The van der Waals surface area contributed by atoms with Crippen LogP contribution >= 0.6 is 24.0 Å². The van der Waals surface area contributed by atoms with Crippen molar-refractivity contribution in [1.82, 2.24) is 0 Å². The largest absolute Gasteiger partial charge is 0.573 e. The molecule has 14 heavy (non-hydrogen) atoms. The molecule has 1 aromatic rings. The molecule has 0 amide bonds. The van der Waals surface area contributed by atoms with Gasteiger partial charge in [0.05, 0.1) is 10.7 Å². The van der Waals surface area contributed by atoms with Crippen LogP contribution in [0.1, 0.15) is 0 Å². The lowest BCUT2D eigenvalue weighted by molar-refractivity contribution is -0.274. The second kappa shape index (κ2) is 4.61. The average molecular weight is 248 g/mol. The fraction of sp³-hybridized carbons (Fsp3) is 0.143. The number of benzene rings is 1. The van der Waals surface area contributed by atoms with Gasteiger partial charge in [0.25, 0.3) is 0 Å². The fourth-order valence-electron chi connectivity index (χ4n) is 0.705. The van der Waals surface area contributed by atoms with Gasteiger partial charge < -0.3 is 10.5 Å². The Morgan fingerprint density at radius 1 is 1.29 bits per heavy atom. The molecule has 2 nitrogen and oxygen atoms in total. The van der Waals surface area contributed by atoms with Gasteiger partial charge in [-0.05, 0) is 12.1 Å². The number of alkyl halides is 3. The predicted octanol–water partition coefficient (Wildman–Crippen LogP) is 3.24. The van der Waals surface area contributed by atoms with E-state index in [1.807, 2.05) is 0 Å². The molecule has 0 aromatic heterocycles. The summed E-state index contributed by atoms with van der Waals surface area (Å²) < 4.78 is 38.6. The molecule has 0 aliphatic carbocycles. The third-order valence-electron chi connectivity index (χ3n) is 1.21. The number of nitrogens with two attached hydrogens (primary N) is 1. The molecule has 0 radical (unpaired) electrons. The number of hydrogen-bond donors (Lipinski definition) is 1. The van der Waals surface area contributed by atoms with Crippen LogP contribution in [0.2, 0.25) is 5.02 Å². The summed E-state index contributed by atoms with van der Waals surface area (Å²) in [5, 5.41) is 0.0294. The Balaban J connectivity index is 0.00000169. The highest BCUT2D eigenvalue weighted by atomic mass is 35.5. The first-order valence-electron chi connectivity index (χ1n) is 3.19. The molecule has 0 atom stereocenters. The van der Waals surface area contributed by atoms with Gasteiger partial charge in [0, 0.05) is 6.07 Å². The van der Waals surface area contributed by atoms with Gasteiger partial charge in [-0.2, -0.15) is 0 Å². The number of halogens is 5. The van der Waals surface area contributed by atoms with Gasteiger partial charge in [0.1, 0.15) is 5.75 Å². The van der Waals surface area contributed by atoms with Crippen molar-refractivity contribution in [2.75, 3.05) is 5.73 Å². The molecule has 0 saturated carbocycles. The molecule has 0 heterocycles. The van der Waals surface area contributed by atoms with E-state index in [1.54, 1.807) is 0 Å². The second-order valence-corrected chi connectivity index (χ2v) is 2.64. The molecule has 0 aliphatic rings. The van der Waals surface area contributed by atoms with Gasteiger partial charge in [-0.1, -0.05) is 11.6 Å². The molecule has 1 aromatic carbocycles. The van der Waals surface area contributed by atoms with Crippen molar-refractivity contribution in [3.63, 3.8) is 0 Å². The van der Waals surface area contributed by atoms with Crippen LogP contribution in [0.15, 0.2) is 18.2 Å². The highest BCUT2D eigenvalue weighted by Crippen LogP contribution is 2.28. The van der Waals surface area contributed by atoms with E-state index in [0.717, 1.165) is 12.1 Å². The van der Waals surface area contributed by atoms with Crippen LogP contribution in [-0.2, 0) is 0 Å². The Labute approximate surface area is 89.2 Å². The van der Waals surface area contributed by atoms with Crippen LogP contribution in [0.25, 0.3) is 0 Å². The van der Waals surface area contributed by atoms with Gasteiger partial charge in [-0.25, -0.2) is 0 Å². The van der Waals surface area contributed by atoms with Crippen molar-refractivity contribution >= 4 is 29.7 Å². The minimum atomic E-state index is -4.71. The molecule has 0 saturated heterocycles. The summed E-state index contributed by atoms with van der Waals surface area (Å²) in [5.41, 5.74) is 5.49. The Hall–Kier alpha value is -0.810. The van der Waals surface area contributed by atoms with Crippen molar-refractivity contribution in [3.05, 3.63) is 23.2 Å². The molecule has 0 unspecified atom stereocenters. The summed E-state index contributed by atoms with van der Waals surface area (Å²) in [6, 6.07) is 3.34. The highest BCUT2D eigenvalue weighted by Gasteiger charge is 2.31. The first kappa shape index (κ1) is 13.2. The lowest BCUT2D eigenvalue weighted by Crippen LogP contribution is -2.17. The first-order chi connectivity index (χ1) is 5.88. The van der Waals surface area contributed by atoms with Crippen molar-refractivity contribution in [2.45, 2.75) is 6.36 Å². The van der Waals surface area contributed by atoms with E-state index in [4.69, 9.17) is 17.3 Å². The summed E-state index contributed by atoms with van der Waals surface area (Å²) in [7, 11) is 0. The van der Waals surface area contributed by atoms with Gasteiger partial charge in [-0.3, -0.25) is 0 Å². The van der Waals surface area contributed by atoms with Crippen LogP contribution in [0.3, 0.4) is 0 Å². The molecule has 2 N–H and O–H groups in total. The number of ether oxygens (including phenoxy) is 1. The summed E-state index contributed by atoms with van der Waals surface area (Å²) in [4.78, 5) is 0. The zero-order chi connectivity index (χ0) is 10.1. The van der Waals surface area contributed by atoms with Crippen molar-refractivity contribution in [2.24, 2.45) is 0 Å². The molecular weight excluding hydrogens is 242 g/mol. The first-order valence-corrected chi connectivity index (χ1v) is 3.57. The maximum absolute atomic E-state index is 11.7. The number of anilines is 1. The predicted molar refractivity (Wildman–Crippen MR) is 49.8 cm³/mol. The Kier molecular flexibility index (Phi) is 4.35. The van der Waals surface area contributed by atoms with E-state index in [1.165, 1.54) is 6.07 Å². The minimum absolute atomic E-state index is 0. The quantitative estimate of drug-likeness (QED) is 0.774. The van der Waals surface area contributed by atoms with E-state index in [9.17, 15) is 13.2 Å². The third-order valence-corrected chi connectivity index (χ3v) is 1.53. The smallest absolute Gasteiger partial charge is 0.406 e. The maximum Gasteiger partial charge on any atom is 0.573 e. The van der Waals surface area contributed by atoms with Crippen LogP contribution in [-0.4, -0.2) is 6.36 Å². The summed E-state index contributed by atoms with van der Waals surface area (Å²) in [6.45, 7) is 0. The van der Waals surface area contributed by atoms with Crippen LogP contribution < -0.4 is 10.5 Å². The maximum atomic E-state index is 11.7. The molecule has 80 valence electrons. The summed E-state index contributed by atoms with van der Waals surface area (Å²) >= 11 is 5.47. The molecular formula is C7H6Cl2F3NO. The summed E-state index contributed by atoms with van der Waals surface area (Å²) in [5.74, 6) is -0.383. The topological polar surface area (TPSA) is 35.2 Å². The molecule has 7 heteroatoms. The van der Waals surface area contributed by atoms with Crippen LogP contribution in [0.4, 0.5) is 18.9 Å². The highest BCUT2D eigenvalue weighted by molar-refractivity contribution is 6.33. The van der Waals surface area contributed by atoms with Gasteiger partial charge in [-0.15, -0.1) is 25.6 Å². The molecule has 0 aliphatic heterocycles. The van der Waals surface area contributed by atoms with Gasteiger partial charge >= 0.3 is 6.36 Å². The lowest BCUT2D eigenvalue weighted by Gasteiger charge is -2.09. The van der Waals surface area contributed by atoms with Gasteiger partial charge in [0.15, 0.2) is 0 Å². The monoisotopic (exact) mass is 247 g/mol. The van der Waals surface area contributed by atoms with E-state index in [-0.39, 0.29) is 28.9 Å². The number of nitrogen functional groups attached to an aromatic ring is 1. The Morgan fingerprint density at radius 3 is 2.29 bits per heavy atom. The van der Waals surface area contributed by atoms with Gasteiger partial charge in [0.2, 0.25) is 0 Å². The minimum Gasteiger partial charge on any atom is -0.406 e. The standard InChI is InChI=1S/C7H5ClF3NO.ClH/c8-5-3-4(1-2-6(5)12)13-7(9,10)11;/h1-3H,12H2;1H. The SMILES string of the molecule is Cl.Nc1ccc(OC(F)(F)F)cc1Cl. The van der Waals surface area contributed by atoms with Crippen molar-refractivity contribution in [3.8, 4) is 5.75 Å². The fourth-order valence-corrected chi connectivity index (χ4v) is 0.876. The van der Waals surface area contributed by atoms with Crippen LogP contribution in [0.5, 0.6) is 5.75 Å². The number of hydrogen-bond acceptors (Lipinski definition) is 2. The molecule has 1 rings (SSSR count). The van der Waals surface area contributed by atoms with E-state index < -0.39 is 6.36 Å². The molecule has 0 fully saturated rings. The van der Waals surface area contributed by atoms with E-state index in [0.29, 0.717) is 0 Å². The van der Waals surface area contributed by atoms with Crippen LogP contribution in [0, 0.1) is 0 Å². The van der Waals surface area contributed by atoms with Crippen molar-refractivity contribution < 1.29 is 17.9 Å². The Morgan fingerprint density at radius 2 is 1.86 bits per heavy atom. The zero-order valence-corrected chi connectivity index (χ0v) is 8.21. The lowest BCUT2D eigenvalue weighted by atomic mass is 10.3. The number of rotatable bonds is 1. The normalized spacial score (nSPS) is 10.6. The molecule has 0 bridgehead atoms. The van der Waals surface area contributed by atoms with E-state index >= 15 is 0 Å². The second-order valence-electron chi connectivity index (χ2n) is 2.23. The third kappa shape index (κ3) is 3.93. The Bertz CT molecular complexity index is 316. The summed E-state index contributed by atoms with van der Waals surface area (Å²) in [6.07, 6.45) is -4.71. The average Bonchev–Trinajstić information content (AvgIpc) is 1.94. The van der Waals surface area contributed by atoms with Crippen molar-refractivity contribution in [1.29, 1.82) is 0 Å². The molecule has 0 spiro atoms. The zero-order valence-electron chi connectivity index (χ0n) is 6.64.